The summed E-state index contributed by atoms with van der Waals surface area (Å²) >= 11 is 1.58. The van der Waals surface area contributed by atoms with Crippen molar-refractivity contribution < 1.29 is 14.3 Å². The Bertz CT molecular complexity index is 334. The van der Waals surface area contributed by atoms with Crippen LogP contribution in [0.15, 0.2) is 17.5 Å². The van der Waals surface area contributed by atoms with Crippen LogP contribution in [0.5, 0.6) is 0 Å². The van der Waals surface area contributed by atoms with Gasteiger partial charge in [-0.1, -0.05) is 6.07 Å². The molecule has 1 aromatic rings. The van der Waals surface area contributed by atoms with E-state index < -0.39 is 5.97 Å². The maximum atomic E-state index is 11.5. The number of rotatable bonds is 4. The van der Waals surface area contributed by atoms with Gasteiger partial charge in [-0.3, -0.25) is 9.59 Å². The maximum absolute atomic E-state index is 11.5. The monoisotopic (exact) mass is 227 g/mol. The van der Waals surface area contributed by atoms with E-state index in [9.17, 15) is 9.59 Å². The molecule has 0 saturated carbocycles. The van der Waals surface area contributed by atoms with Gasteiger partial charge in [0.05, 0.1) is 13.7 Å². The van der Waals surface area contributed by atoms with E-state index in [2.05, 4.69) is 4.74 Å². The SMILES string of the molecule is COC(=O)CC(=O)N(C)Cc1cccs1. The Hall–Kier alpha value is -1.36. The van der Waals surface area contributed by atoms with E-state index in [1.807, 2.05) is 17.5 Å². The smallest absolute Gasteiger partial charge is 0.315 e. The van der Waals surface area contributed by atoms with E-state index in [-0.39, 0.29) is 12.3 Å². The second kappa shape index (κ2) is 5.50. The van der Waals surface area contributed by atoms with Crippen molar-refractivity contribution in [3.8, 4) is 0 Å². The van der Waals surface area contributed by atoms with Crippen molar-refractivity contribution in [2.75, 3.05) is 14.2 Å². The van der Waals surface area contributed by atoms with E-state index in [0.29, 0.717) is 6.54 Å². The Balaban J connectivity index is 2.43. The zero-order valence-electron chi connectivity index (χ0n) is 8.73. The van der Waals surface area contributed by atoms with Gasteiger partial charge in [0.1, 0.15) is 6.42 Å². The lowest BCUT2D eigenvalue weighted by Crippen LogP contribution is -2.28. The summed E-state index contributed by atoms with van der Waals surface area (Å²) in [5, 5.41) is 1.95. The van der Waals surface area contributed by atoms with Crippen molar-refractivity contribution in [2.24, 2.45) is 0 Å². The van der Waals surface area contributed by atoms with Crippen LogP contribution < -0.4 is 0 Å². The van der Waals surface area contributed by atoms with Crippen LogP contribution in [-0.4, -0.2) is 30.9 Å². The van der Waals surface area contributed by atoms with Gasteiger partial charge in [-0.15, -0.1) is 11.3 Å². The Morgan fingerprint density at radius 2 is 2.27 bits per heavy atom. The average Bonchev–Trinajstić information content (AvgIpc) is 2.70. The predicted molar refractivity (Wildman–Crippen MR) is 57.4 cm³/mol. The third kappa shape index (κ3) is 3.71. The number of amides is 1. The summed E-state index contributed by atoms with van der Waals surface area (Å²) in [6.07, 6.45) is -0.196. The normalized spacial score (nSPS) is 9.73. The Labute approximate surface area is 92.5 Å². The first-order chi connectivity index (χ1) is 7.13. The molecule has 0 aliphatic heterocycles. The summed E-state index contributed by atoms with van der Waals surface area (Å²) in [5.41, 5.74) is 0. The number of esters is 1. The molecule has 15 heavy (non-hydrogen) atoms. The fourth-order valence-electron chi connectivity index (χ4n) is 1.06. The molecule has 0 aromatic carbocycles. The third-order valence-electron chi connectivity index (χ3n) is 1.92. The number of hydrogen-bond acceptors (Lipinski definition) is 4. The largest absolute Gasteiger partial charge is 0.469 e. The summed E-state index contributed by atoms with van der Waals surface area (Å²) in [6.45, 7) is 0.535. The molecule has 0 radical (unpaired) electrons. The summed E-state index contributed by atoms with van der Waals surface area (Å²) in [5.74, 6) is -0.728. The van der Waals surface area contributed by atoms with Crippen molar-refractivity contribution in [1.82, 2.24) is 4.90 Å². The van der Waals surface area contributed by atoms with Gasteiger partial charge in [0.15, 0.2) is 0 Å². The Morgan fingerprint density at radius 3 is 2.80 bits per heavy atom. The molecule has 0 aliphatic rings. The zero-order valence-corrected chi connectivity index (χ0v) is 9.54. The standard InChI is InChI=1S/C10H13NO3S/c1-11(7-8-4-3-5-15-8)9(12)6-10(13)14-2/h3-5H,6-7H2,1-2H3. The minimum absolute atomic E-state index is 0.196. The first-order valence-corrected chi connectivity index (χ1v) is 5.34. The summed E-state index contributed by atoms with van der Waals surface area (Å²) in [6, 6.07) is 3.88. The number of thiophene rings is 1. The highest BCUT2D eigenvalue weighted by atomic mass is 32.1. The lowest BCUT2D eigenvalue weighted by molar-refractivity contribution is -0.146. The minimum atomic E-state index is -0.502. The van der Waals surface area contributed by atoms with Gasteiger partial charge in [-0.25, -0.2) is 0 Å². The van der Waals surface area contributed by atoms with Gasteiger partial charge < -0.3 is 9.64 Å². The molecule has 1 rings (SSSR count). The van der Waals surface area contributed by atoms with Gasteiger partial charge in [0.25, 0.3) is 0 Å². The average molecular weight is 227 g/mol. The van der Waals surface area contributed by atoms with E-state index in [1.54, 1.807) is 18.4 Å². The van der Waals surface area contributed by atoms with Crippen LogP contribution in [0.3, 0.4) is 0 Å². The first-order valence-electron chi connectivity index (χ1n) is 4.46. The molecular formula is C10H13NO3S. The summed E-state index contributed by atoms with van der Waals surface area (Å²) < 4.78 is 4.42. The number of ether oxygens (including phenoxy) is 1. The van der Waals surface area contributed by atoms with Crippen molar-refractivity contribution >= 4 is 23.2 Å². The topological polar surface area (TPSA) is 46.6 Å². The van der Waals surface area contributed by atoms with Crippen molar-refractivity contribution in [2.45, 2.75) is 13.0 Å². The van der Waals surface area contributed by atoms with Crippen molar-refractivity contribution in [3.05, 3.63) is 22.4 Å². The number of hydrogen-bond donors (Lipinski definition) is 0. The lowest BCUT2D eigenvalue weighted by atomic mass is 10.3. The highest BCUT2D eigenvalue weighted by Crippen LogP contribution is 2.11. The molecule has 0 atom stereocenters. The molecule has 0 spiro atoms. The molecule has 1 amide bonds. The fourth-order valence-corrected chi connectivity index (χ4v) is 1.81. The predicted octanol–water partition coefficient (Wildman–Crippen LogP) is 1.27. The van der Waals surface area contributed by atoms with Crippen LogP contribution in [0.2, 0.25) is 0 Å². The molecule has 0 aliphatic carbocycles. The van der Waals surface area contributed by atoms with Crippen LogP contribution in [-0.2, 0) is 20.9 Å². The molecule has 0 saturated heterocycles. The van der Waals surface area contributed by atoms with E-state index in [4.69, 9.17) is 0 Å². The minimum Gasteiger partial charge on any atom is -0.469 e. The third-order valence-corrected chi connectivity index (χ3v) is 2.78. The van der Waals surface area contributed by atoms with Gasteiger partial charge in [-0.05, 0) is 11.4 Å². The van der Waals surface area contributed by atoms with Crippen molar-refractivity contribution in [1.29, 1.82) is 0 Å². The summed E-state index contributed by atoms with van der Waals surface area (Å²) in [4.78, 5) is 24.9. The molecular weight excluding hydrogens is 214 g/mol. The fraction of sp³-hybridized carbons (Fsp3) is 0.400. The molecule has 1 heterocycles. The highest BCUT2D eigenvalue weighted by Gasteiger charge is 2.14. The first kappa shape index (κ1) is 11.7. The van der Waals surface area contributed by atoms with Crippen LogP contribution in [0.25, 0.3) is 0 Å². The molecule has 1 aromatic heterocycles. The van der Waals surface area contributed by atoms with E-state index in [1.165, 1.54) is 12.0 Å². The zero-order chi connectivity index (χ0) is 11.3. The van der Waals surface area contributed by atoms with E-state index >= 15 is 0 Å². The van der Waals surface area contributed by atoms with Gasteiger partial charge >= 0.3 is 5.97 Å². The molecule has 0 unspecified atom stereocenters. The molecule has 5 heteroatoms. The van der Waals surface area contributed by atoms with Gasteiger partial charge in [0.2, 0.25) is 5.91 Å². The molecule has 0 N–H and O–H groups in total. The van der Waals surface area contributed by atoms with Crippen LogP contribution in [0.4, 0.5) is 0 Å². The number of methoxy groups -OCH3 is 1. The number of carbonyl (C=O) groups is 2. The maximum Gasteiger partial charge on any atom is 0.315 e. The Kier molecular flexibility index (Phi) is 4.30. The van der Waals surface area contributed by atoms with Crippen LogP contribution in [0.1, 0.15) is 11.3 Å². The lowest BCUT2D eigenvalue weighted by Gasteiger charge is -2.15. The van der Waals surface area contributed by atoms with Crippen molar-refractivity contribution in [3.63, 3.8) is 0 Å². The molecule has 0 bridgehead atoms. The van der Waals surface area contributed by atoms with Crippen LogP contribution in [0, 0.1) is 0 Å². The quantitative estimate of drug-likeness (QED) is 0.575. The number of nitrogens with zero attached hydrogens (tertiary/aromatic N) is 1. The van der Waals surface area contributed by atoms with E-state index in [0.717, 1.165) is 4.88 Å². The summed E-state index contributed by atoms with van der Waals surface area (Å²) in [7, 11) is 2.94. The molecule has 0 fully saturated rings. The van der Waals surface area contributed by atoms with Gasteiger partial charge in [0, 0.05) is 11.9 Å². The molecule has 82 valence electrons. The second-order valence-corrected chi connectivity index (χ2v) is 4.11. The number of carbonyl (C=O) groups excluding carboxylic acids is 2. The molecule has 4 nitrogen and oxygen atoms in total. The Morgan fingerprint density at radius 1 is 1.53 bits per heavy atom. The van der Waals surface area contributed by atoms with Gasteiger partial charge in [-0.2, -0.15) is 0 Å². The highest BCUT2D eigenvalue weighted by molar-refractivity contribution is 7.09. The van der Waals surface area contributed by atoms with Crippen LogP contribution >= 0.6 is 11.3 Å². The second-order valence-electron chi connectivity index (χ2n) is 3.08.